The van der Waals surface area contributed by atoms with Gasteiger partial charge in [-0.3, -0.25) is 14.6 Å². The van der Waals surface area contributed by atoms with Gasteiger partial charge in [-0.15, -0.1) is 0 Å². The van der Waals surface area contributed by atoms with Gasteiger partial charge in [-0.1, -0.05) is 12.1 Å². The summed E-state index contributed by atoms with van der Waals surface area (Å²) in [5, 5.41) is 5.72. The van der Waals surface area contributed by atoms with E-state index in [9.17, 15) is 9.59 Å². The van der Waals surface area contributed by atoms with Crippen LogP contribution in [0.1, 0.15) is 50.5 Å². The van der Waals surface area contributed by atoms with E-state index in [1.54, 1.807) is 25.4 Å². The number of aliphatic imine (C=N–C) groups is 1. The Balaban J connectivity index is 2.54. The molecule has 0 aliphatic rings. The monoisotopic (exact) mass is 347 g/mol. The second kappa shape index (κ2) is 8.76. The Morgan fingerprint density at radius 3 is 2.28 bits per heavy atom. The summed E-state index contributed by atoms with van der Waals surface area (Å²) in [6, 6.07) is 7.22. The number of ether oxygens (including phenoxy) is 1. The number of carbonyl (C=O) groups excluding carboxylic acids is 2. The molecule has 0 unspecified atom stereocenters. The first-order chi connectivity index (χ1) is 11.5. The molecule has 0 radical (unpaired) electrons. The first kappa shape index (κ1) is 20.8. The van der Waals surface area contributed by atoms with Gasteiger partial charge in [0.05, 0.1) is 17.7 Å². The van der Waals surface area contributed by atoms with Crippen molar-refractivity contribution in [3.05, 3.63) is 35.4 Å². The number of carbonyl (C=O) groups is 2. The molecule has 0 saturated heterocycles. The Labute approximate surface area is 150 Å². The third kappa shape index (κ3) is 7.94. The van der Waals surface area contributed by atoms with E-state index in [1.165, 1.54) is 6.92 Å². The Kier molecular flexibility index (Phi) is 7.30. The number of nitrogens with zero attached hydrogens (tertiary/aromatic N) is 1. The van der Waals surface area contributed by atoms with Gasteiger partial charge in [-0.2, -0.15) is 0 Å². The molecule has 1 aromatic carbocycles. The lowest BCUT2D eigenvalue weighted by atomic mass is 10.1. The predicted molar refractivity (Wildman–Crippen MR) is 100 cm³/mol. The summed E-state index contributed by atoms with van der Waals surface area (Å²) in [4.78, 5) is 27.4. The number of nitrogens with one attached hydrogen (secondary N) is 2. The molecule has 138 valence electrons. The maximum Gasteiger partial charge on any atom is 0.251 e. The van der Waals surface area contributed by atoms with Crippen molar-refractivity contribution in [3.63, 3.8) is 0 Å². The van der Waals surface area contributed by atoms with Gasteiger partial charge in [-0.25, -0.2) is 0 Å². The summed E-state index contributed by atoms with van der Waals surface area (Å²) in [5.74, 6) is -0.256. The Hall–Kier alpha value is -2.21. The summed E-state index contributed by atoms with van der Waals surface area (Å²) in [6.45, 7) is 9.77. The van der Waals surface area contributed by atoms with Crippen molar-refractivity contribution in [3.8, 4) is 0 Å². The Morgan fingerprint density at radius 2 is 1.76 bits per heavy atom. The van der Waals surface area contributed by atoms with E-state index in [-0.39, 0.29) is 11.8 Å². The average Bonchev–Trinajstić information content (AvgIpc) is 2.51. The fraction of sp³-hybridized carbons (Fsp3) is 0.526. The topological polar surface area (TPSA) is 79.8 Å². The molecule has 6 heteroatoms. The molecule has 2 N–H and O–H groups in total. The predicted octanol–water partition coefficient (Wildman–Crippen LogP) is 2.17. The standard InChI is InChI=1S/C19H29N3O3/c1-14(23)22-18(2,3)13-25-19(4,5)12-21-17(24)16-9-7-15(8-10-16)11-20-6/h7-11H,12-13H2,1-6H3,(H,21,24)(H,22,23)/b20-11+. The van der Waals surface area contributed by atoms with E-state index in [4.69, 9.17) is 4.74 Å². The molecule has 0 bridgehead atoms. The smallest absolute Gasteiger partial charge is 0.251 e. The zero-order valence-corrected chi connectivity index (χ0v) is 16.0. The van der Waals surface area contributed by atoms with Crippen LogP contribution >= 0.6 is 0 Å². The molecule has 2 amide bonds. The fourth-order valence-corrected chi connectivity index (χ4v) is 2.20. The minimum atomic E-state index is -0.555. The molecule has 0 saturated carbocycles. The molecule has 0 spiro atoms. The second-order valence-corrected chi connectivity index (χ2v) is 7.31. The number of hydrogen-bond donors (Lipinski definition) is 2. The molecule has 6 nitrogen and oxygen atoms in total. The van der Waals surface area contributed by atoms with Gasteiger partial charge in [0.2, 0.25) is 5.91 Å². The third-order valence-corrected chi connectivity index (χ3v) is 3.46. The first-order valence-electron chi connectivity index (χ1n) is 8.28. The lowest BCUT2D eigenvalue weighted by molar-refractivity contribution is -0.122. The highest BCUT2D eigenvalue weighted by molar-refractivity contribution is 5.95. The van der Waals surface area contributed by atoms with E-state index >= 15 is 0 Å². The summed E-state index contributed by atoms with van der Waals surface area (Å²) in [5.41, 5.74) is 0.509. The van der Waals surface area contributed by atoms with Gasteiger partial charge in [0.1, 0.15) is 0 Å². The van der Waals surface area contributed by atoms with E-state index < -0.39 is 11.1 Å². The quantitative estimate of drug-likeness (QED) is 0.707. The molecular formula is C19H29N3O3. The van der Waals surface area contributed by atoms with Crippen molar-refractivity contribution >= 4 is 18.0 Å². The van der Waals surface area contributed by atoms with Crippen LogP contribution in [0.15, 0.2) is 29.3 Å². The molecule has 0 aliphatic heterocycles. The highest BCUT2D eigenvalue weighted by Gasteiger charge is 2.26. The van der Waals surface area contributed by atoms with Crippen LogP contribution in [-0.4, -0.2) is 49.4 Å². The van der Waals surface area contributed by atoms with Crippen LogP contribution in [0.25, 0.3) is 0 Å². The molecule has 0 aromatic heterocycles. The maximum absolute atomic E-state index is 12.2. The number of rotatable bonds is 8. The van der Waals surface area contributed by atoms with E-state index in [1.807, 2.05) is 39.8 Å². The van der Waals surface area contributed by atoms with E-state index in [2.05, 4.69) is 15.6 Å². The zero-order chi connectivity index (χ0) is 19.1. The summed E-state index contributed by atoms with van der Waals surface area (Å²) in [7, 11) is 1.70. The molecule has 0 aliphatic carbocycles. The molecule has 0 atom stereocenters. The van der Waals surface area contributed by atoms with Crippen molar-refractivity contribution in [2.75, 3.05) is 20.2 Å². The highest BCUT2D eigenvalue weighted by atomic mass is 16.5. The number of hydrogen-bond acceptors (Lipinski definition) is 4. The van der Waals surface area contributed by atoms with Crippen molar-refractivity contribution in [2.24, 2.45) is 4.99 Å². The zero-order valence-electron chi connectivity index (χ0n) is 16.0. The van der Waals surface area contributed by atoms with Crippen LogP contribution in [-0.2, 0) is 9.53 Å². The number of benzene rings is 1. The van der Waals surface area contributed by atoms with Crippen LogP contribution in [0, 0.1) is 0 Å². The van der Waals surface area contributed by atoms with Gasteiger partial charge in [0.25, 0.3) is 5.91 Å². The summed E-state index contributed by atoms with van der Waals surface area (Å²) >= 11 is 0. The maximum atomic E-state index is 12.2. The second-order valence-electron chi connectivity index (χ2n) is 7.31. The lowest BCUT2D eigenvalue weighted by Crippen LogP contribution is -2.49. The SMILES string of the molecule is C/N=C/c1ccc(C(=O)NCC(C)(C)OCC(C)(C)NC(C)=O)cc1. The molecular weight excluding hydrogens is 318 g/mol. The van der Waals surface area contributed by atoms with Crippen LogP contribution in [0.3, 0.4) is 0 Å². The normalized spacial score (nSPS) is 12.2. The number of amides is 2. The van der Waals surface area contributed by atoms with Gasteiger partial charge >= 0.3 is 0 Å². The largest absolute Gasteiger partial charge is 0.371 e. The minimum absolute atomic E-state index is 0.101. The molecule has 1 aromatic rings. The van der Waals surface area contributed by atoms with Crippen LogP contribution in [0.2, 0.25) is 0 Å². The lowest BCUT2D eigenvalue weighted by Gasteiger charge is -2.32. The van der Waals surface area contributed by atoms with Crippen LogP contribution < -0.4 is 10.6 Å². The Morgan fingerprint density at radius 1 is 1.16 bits per heavy atom. The van der Waals surface area contributed by atoms with Gasteiger partial charge in [-0.05, 0) is 45.4 Å². The average molecular weight is 347 g/mol. The summed E-state index contributed by atoms with van der Waals surface area (Å²) in [6.07, 6.45) is 1.73. The summed E-state index contributed by atoms with van der Waals surface area (Å²) < 4.78 is 5.89. The minimum Gasteiger partial charge on any atom is -0.371 e. The van der Waals surface area contributed by atoms with Gasteiger partial charge in [0.15, 0.2) is 0 Å². The third-order valence-electron chi connectivity index (χ3n) is 3.46. The van der Waals surface area contributed by atoms with Crippen molar-refractivity contribution in [1.82, 2.24) is 10.6 Å². The molecule has 1 rings (SSSR count). The van der Waals surface area contributed by atoms with Crippen molar-refractivity contribution < 1.29 is 14.3 Å². The van der Waals surface area contributed by atoms with Crippen LogP contribution in [0.5, 0.6) is 0 Å². The molecule has 0 fully saturated rings. The molecule has 25 heavy (non-hydrogen) atoms. The van der Waals surface area contributed by atoms with E-state index in [0.717, 1.165) is 5.56 Å². The Bertz CT molecular complexity index is 619. The van der Waals surface area contributed by atoms with Crippen molar-refractivity contribution in [2.45, 2.75) is 45.8 Å². The molecule has 0 heterocycles. The van der Waals surface area contributed by atoms with Gasteiger partial charge in [0, 0.05) is 32.3 Å². The highest BCUT2D eigenvalue weighted by Crippen LogP contribution is 2.13. The fourth-order valence-electron chi connectivity index (χ4n) is 2.20. The van der Waals surface area contributed by atoms with Gasteiger partial charge < -0.3 is 15.4 Å². The van der Waals surface area contributed by atoms with Crippen molar-refractivity contribution in [1.29, 1.82) is 0 Å². The van der Waals surface area contributed by atoms with Crippen LogP contribution in [0.4, 0.5) is 0 Å². The first-order valence-corrected chi connectivity index (χ1v) is 8.28. The van der Waals surface area contributed by atoms with E-state index in [0.29, 0.717) is 18.7 Å².